The zero-order valence-corrected chi connectivity index (χ0v) is 16.7. The normalized spacial score (nSPS) is 15.2. The number of nitrogens with one attached hydrogen (secondary N) is 1. The van der Waals surface area contributed by atoms with Crippen molar-refractivity contribution in [1.29, 1.82) is 0 Å². The Morgan fingerprint density at radius 3 is 2.54 bits per heavy atom. The quantitative estimate of drug-likeness (QED) is 0.567. The van der Waals surface area contributed by atoms with E-state index in [9.17, 15) is 22.8 Å². The number of sulfonamides is 1. The number of esters is 1. The average molecular weight is 432 g/mol. The van der Waals surface area contributed by atoms with Crippen molar-refractivity contribution < 1.29 is 27.5 Å². The van der Waals surface area contributed by atoms with E-state index in [1.54, 1.807) is 6.07 Å². The number of halogens is 1. The molecule has 1 aromatic carbocycles. The van der Waals surface area contributed by atoms with Gasteiger partial charge >= 0.3 is 5.97 Å². The molecular weight excluding hydrogens is 410 g/mol. The van der Waals surface area contributed by atoms with Crippen molar-refractivity contribution in [2.45, 2.75) is 24.2 Å². The number of hydrogen-bond acceptors (Lipinski definition) is 6. The fraction of sp³-hybridized carbons (Fsp3) is 0.471. The van der Waals surface area contributed by atoms with Crippen molar-refractivity contribution in [2.24, 2.45) is 11.7 Å². The number of rotatable bonds is 8. The van der Waals surface area contributed by atoms with E-state index in [1.807, 2.05) is 0 Å². The Bertz CT molecular complexity index is 837. The van der Waals surface area contributed by atoms with Gasteiger partial charge in [0.25, 0.3) is 5.91 Å². The highest BCUT2D eigenvalue weighted by atomic mass is 35.5. The van der Waals surface area contributed by atoms with Crippen molar-refractivity contribution >= 4 is 39.4 Å². The van der Waals surface area contributed by atoms with Crippen LogP contribution in [0.25, 0.3) is 0 Å². The van der Waals surface area contributed by atoms with Gasteiger partial charge < -0.3 is 15.4 Å². The number of primary amides is 1. The maximum absolute atomic E-state index is 12.1. The second kappa shape index (κ2) is 9.85. The molecule has 0 bridgehead atoms. The Kier molecular flexibility index (Phi) is 7.78. The third kappa shape index (κ3) is 6.47. The van der Waals surface area contributed by atoms with Crippen LogP contribution in [0.1, 0.15) is 19.3 Å². The van der Waals surface area contributed by atoms with Crippen molar-refractivity contribution in [3.05, 3.63) is 29.3 Å². The summed E-state index contributed by atoms with van der Waals surface area (Å²) in [4.78, 5) is 36.4. The van der Waals surface area contributed by atoms with Gasteiger partial charge in [-0.15, -0.1) is 0 Å². The first kappa shape index (κ1) is 22.1. The largest absolute Gasteiger partial charge is 0.456 e. The molecule has 2 rings (SSSR count). The highest BCUT2D eigenvalue weighted by Gasteiger charge is 2.26. The second-order valence-corrected chi connectivity index (χ2v) is 8.53. The molecule has 28 heavy (non-hydrogen) atoms. The van der Waals surface area contributed by atoms with E-state index in [2.05, 4.69) is 4.72 Å². The van der Waals surface area contributed by atoms with Crippen LogP contribution in [-0.4, -0.2) is 57.3 Å². The maximum Gasteiger partial charge on any atom is 0.307 e. The fourth-order valence-electron chi connectivity index (χ4n) is 2.72. The number of carbonyl (C=O) groups is 3. The highest BCUT2D eigenvalue weighted by molar-refractivity contribution is 7.89. The number of benzene rings is 1. The first-order chi connectivity index (χ1) is 13.2. The van der Waals surface area contributed by atoms with Crippen LogP contribution in [0.3, 0.4) is 0 Å². The van der Waals surface area contributed by atoms with Crippen LogP contribution >= 0.6 is 11.6 Å². The Morgan fingerprint density at radius 2 is 1.93 bits per heavy atom. The molecule has 154 valence electrons. The number of ether oxygens (including phenoxy) is 1. The van der Waals surface area contributed by atoms with Crippen molar-refractivity contribution in [3.63, 3.8) is 0 Å². The molecular formula is C17H22ClN3O6S. The molecule has 3 N–H and O–H groups in total. The molecule has 0 spiro atoms. The molecule has 1 saturated heterocycles. The number of amides is 2. The van der Waals surface area contributed by atoms with Crippen molar-refractivity contribution in [2.75, 3.05) is 26.2 Å². The minimum Gasteiger partial charge on any atom is -0.456 e. The second-order valence-electron chi connectivity index (χ2n) is 6.32. The van der Waals surface area contributed by atoms with Gasteiger partial charge in [0.1, 0.15) is 0 Å². The van der Waals surface area contributed by atoms with Gasteiger partial charge in [-0.1, -0.05) is 17.7 Å². The lowest BCUT2D eigenvalue weighted by Gasteiger charge is -2.30. The number of likely N-dealkylation sites (tertiary alicyclic amines) is 1. The van der Waals surface area contributed by atoms with Crippen LogP contribution in [0.5, 0.6) is 0 Å². The smallest absolute Gasteiger partial charge is 0.307 e. The lowest BCUT2D eigenvalue weighted by atomic mass is 9.96. The summed E-state index contributed by atoms with van der Waals surface area (Å²) >= 11 is 5.77. The van der Waals surface area contributed by atoms with E-state index in [0.717, 1.165) is 0 Å². The molecule has 1 aliphatic rings. The standard InChI is InChI=1S/C17H22ClN3O6S/c18-13-2-1-3-14(10-13)28(25,26)20-7-4-16(23)27-11-15(22)21-8-5-12(6-9-21)17(19)24/h1-3,10,12,20H,4-9,11H2,(H2,19,24). The van der Waals surface area contributed by atoms with Gasteiger partial charge in [-0.2, -0.15) is 0 Å². The number of piperidine rings is 1. The molecule has 11 heteroatoms. The van der Waals surface area contributed by atoms with Gasteiger partial charge in [0, 0.05) is 30.6 Å². The third-order valence-electron chi connectivity index (χ3n) is 4.33. The summed E-state index contributed by atoms with van der Waals surface area (Å²) in [6.07, 6.45) is 0.747. The van der Waals surface area contributed by atoms with Crippen LogP contribution < -0.4 is 10.5 Å². The number of carbonyl (C=O) groups excluding carboxylic acids is 3. The molecule has 0 atom stereocenters. The zero-order valence-electron chi connectivity index (χ0n) is 15.1. The minimum atomic E-state index is -3.79. The topological polar surface area (TPSA) is 136 Å². The molecule has 1 fully saturated rings. The van der Waals surface area contributed by atoms with E-state index in [1.165, 1.54) is 23.1 Å². The van der Waals surface area contributed by atoms with Crippen LogP contribution in [0.2, 0.25) is 5.02 Å². The fourth-order valence-corrected chi connectivity index (χ4v) is 4.06. The predicted octanol–water partition coefficient (Wildman–Crippen LogP) is 0.276. The molecule has 0 unspecified atom stereocenters. The first-order valence-corrected chi connectivity index (χ1v) is 10.5. The lowest BCUT2D eigenvalue weighted by Crippen LogP contribution is -2.43. The monoisotopic (exact) mass is 431 g/mol. The number of nitrogens with zero attached hydrogens (tertiary/aromatic N) is 1. The Balaban J connectivity index is 1.70. The van der Waals surface area contributed by atoms with Crippen LogP contribution in [0.15, 0.2) is 29.2 Å². The first-order valence-electron chi connectivity index (χ1n) is 8.67. The van der Waals surface area contributed by atoms with E-state index in [0.29, 0.717) is 25.9 Å². The van der Waals surface area contributed by atoms with Crippen LogP contribution in [0.4, 0.5) is 0 Å². The van der Waals surface area contributed by atoms with Crippen molar-refractivity contribution in [1.82, 2.24) is 9.62 Å². The van der Waals surface area contributed by atoms with E-state index in [4.69, 9.17) is 22.1 Å². The van der Waals surface area contributed by atoms with Gasteiger partial charge in [-0.3, -0.25) is 14.4 Å². The minimum absolute atomic E-state index is 0.0112. The molecule has 1 heterocycles. The molecule has 1 aromatic rings. The summed E-state index contributed by atoms with van der Waals surface area (Å²) in [5.74, 6) is -1.68. The van der Waals surface area contributed by atoms with Gasteiger partial charge in [0.15, 0.2) is 6.61 Å². The number of nitrogens with two attached hydrogens (primary N) is 1. The predicted molar refractivity (Wildman–Crippen MR) is 101 cm³/mol. The molecule has 0 aromatic heterocycles. The summed E-state index contributed by atoms with van der Waals surface area (Å²) in [5.41, 5.74) is 5.24. The van der Waals surface area contributed by atoms with Gasteiger partial charge in [0.05, 0.1) is 11.3 Å². The average Bonchev–Trinajstić information content (AvgIpc) is 2.66. The Morgan fingerprint density at radius 1 is 1.25 bits per heavy atom. The van der Waals surface area contributed by atoms with E-state index in [-0.39, 0.29) is 40.6 Å². The summed E-state index contributed by atoms with van der Waals surface area (Å²) in [6.45, 7) is 0.153. The molecule has 2 amide bonds. The summed E-state index contributed by atoms with van der Waals surface area (Å²) in [6, 6.07) is 5.73. The lowest BCUT2D eigenvalue weighted by molar-refractivity contribution is -0.152. The van der Waals surface area contributed by atoms with Gasteiger partial charge in [-0.05, 0) is 31.0 Å². The third-order valence-corrected chi connectivity index (χ3v) is 6.03. The highest BCUT2D eigenvalue weighted by Crippen LogP contribution is 2.17. The van der Waals surface area contributed by atoms with Gasteiger partial charge in [-0.25, -0.2) is 13.1 Å². The summed E-state index contributed by atoms with van der Waals surface area (Å²) < 4.78 is 31.4. The summed E-state index contributed by atoms with van der Waals surface area (Å²) in [7, 11) is -3.79. The number of hydrogen-bond donors (Lipinski definition) is 2. The molecule has 1 aliphatic heterocycles. The van der Waals surface area contributed by atoms with Crippen molar-refractivity contribution in [3.8, 4) is 0 Å². The zero-order chi connectivity index (χ0) is 20.7. The van der Waals surface area contributed by atoms with E-state index >= 15 is 0 Å². The molecule has 0 aliphatic carbocycles. The Labute approximate surface area is 168 Å². The molecule has 0 radical (unpaired) electrons. The van der Waals surface area contributed by atoms with Gasteiger partial charge in [0.2, 0.25) is 15.9 Å². The van der Waals surface area contributed by atoms with Crippen LogP contribution in [-0.2, 0) is 29.1 Å². The maximum atomic E-state index is 12.1. The summed E-state index contributed by atoms with van der Waals surface area (Å²) in [5, 5.41) is 0.278. The SMILES string of the molecule is NC(=O)C1CCN(C(=O)COC(=O)CCNS(=O)(=O)c2cccc(Cl)c2)CC1. The Hall–Kier alpha value is -2.17. The molecule has 9 nitrogen and oxygen atoms in total. The molecule has 0 saturated carbocycles. The van der Waals surface area contributed by atoms with Crippen LogP contribution in [0, 0.1) is 5.92 Å². The van der Waals surface area contributed by atoms with E-state index < -0.39 is 22.6 Å².